The van der Waals surface area contributed by atoms with Crippen LogP contribution in [0.4, 0.5) is 0 Å². The molecule has 22 heavy (non-hydrogen) atoms. The molecular weight excluding hydrogens is 276 g/mol. The van der Waals surface area contributed by atoms with Crippen LogP contribution in [0.2, 0.25) is 0 Å². The Labute approximate surface area is 130 Å². The molecule has 0 aliphatic heterocycles. The number of aromatic amines is 1. The predicted octanol–water partition coefficient (Wildman–Crippen LogP) is 1.88. The van der Waals surface area contributed by atoms with Gasteiger partial charge in [-0.3, -0.25) is 4.79 Å². The number of nitrogens with one attached hydrogen (secondary N) is 2. The van der Waals surface area contributed by atoms with E-state index in [9.17, 15) is 4.79 Å². The molecule has 0 radical (unpaired) electrons. The molecule has 0 fully saturated rings. The number of rotatable bonds is 7. The van der Waals surface area contributed by atoms with Gasteiger partial charge in [-0.15, -0.1) is 0 Å². The van der Waals surface area contributed by atoms with Crippen molar-refractivity contribution in [2.45, 2.75) is 19.0 Å². The van der Waals surface area contributed by atoms with Crippen molar-refractivity contribution in [1.82, 2.24) is 15.3 Å². The molecule has 1 amide bonds. The Morgan fingerprint density at radius 2 is 2.14 bits per heavy atom. The van der Waals surface area contributed by atoms with E-state index in [1.54, 1.807) is 24.7 Å². The zero-order chi connectivity index (χ0) is 15.9. The van der Waals surface area contributed by atoms with Crippen molar-refractivity contribution >= 4 is 18.1 Å². The second-order valence-electron chi connectivity index (χ2n) is 4.98. The summed E-state index contributed by atoms with van der Waals surface area (Å²) in [6, 6.07) is 5.28. The molecule has 0 saturated carbocycles. The highest BCUT2D eigenvalue weighted by Gasteiger charge is 2.14. The van der Waals surface area contributed by atoms with Gasteiger partial charge in [0, 0.05) is 24.9 Å². The van der Waals surface area contributed by atoms with Crippen molar-refractivity contribution in [3.05, 3.63) is 66.3 Å². The van der Waals surface area contributed by atoms with Crippen LogP contribution in [0.1, 0.15) is 22.4 Å². The summed E-state index contributed by atoms with van der Waals surface area (Å²) in [6.45, 7) is 7.97. The van der Waals surface area contributed by atoms with Crippen molar-refractivity contribution in [2.24, 2.45) is 5.73 Å². The first kappa shape index (κ1) is 15.7. The van der Waals surface area contributed by atoms with Crippen molar-refractivity contribution < 1.29 is 4.79 Å². The van der Waals surface area contributed by atoms with Gasteiger partial charge >= 0.3 is 0 Å². The highest BCUT2D eigenvalue weighted by molar-refractivity contribution is 5.81. The Morgan fingerprint density at radius 1 is 1.36 bits per heavy atom. The number of nitrogens with zero attached hydrogens (tertiary/aromatic N) is 1. The van der Waals surface area contributed by atoms with E-state index in [2.05, 4.69) is 28.4 Å². The summed E-state index contributed by atoms with van der Waals surface area (Å²) >= 11 is 0. The van der Waals surface area contributed by atoms with Gasteiger partial charge in [0.15, 0.2) is 0 Å². The zero-order valence-corrected chi connectivity index (χ0v) is 12.4. The zero-order valence-electron chi connectivity index (χ0n) is 12.4. The van der Waals surface area contributed by atoms with E-state index in [1.807, 2.05) is 18.2 Å². The summed E-state index contributed by atoms with van der Waals surface area (Å²) in [5.74, 6) is -0.192. The van der Waals surface area contributed by atoms with Crippen LogP contribution >= 0.6 is 0 Å². The molecule has 0 aliphatic rings. The van der Waals surface area contributed by atoms with E-state index < -0.39 is 6.04 Å². The average molecular weight is 296 g/mol. The summed E-state index contributed by atoms with van der Waals surface area (Å²) in [5.41, 5.74) is 9.72. The molecule has 1 aromatic carbocycles. The van der Waals surface area contributed by atoms with E-state index in [4.69, 9.17) is 5.73 Å². The lowest BCUT2D eigenvalue weighted by atomic mass is 10.0. The first-order valence-electron chi connectivity index (χ1n) is 7.02. The van der Waals surface area contributed by atoms with Crippen molar-refractivity contribution in [1.29, 1.82) is 0 Å². The maximum absolute atomic E-state index is 12.0. The van der Waals surface area contributed by atoms with E-state index in [1.165, 1.54) is 0 Å². The highest BCUT2D eigenvalue weighted by Crippen LogP contribution is 2.14. The quantitative estimate of drug-likeness (QED) is 0.729. The molecule has 1 heterocycles. The van der Waals surface area contributed by atoms with Crippen molar-refractivity contribution in [3.8, 4) is 0 Å². The van der Waals surface area contributed by atoms with Gasteiger partial charge in [0.05, 0.1) is 12.4 Å². The summed E-state index contributed by atoms with van der Waals surface area (Å²) in [7, 11) is 0. The monoisotopic (exact) mass is 296 g/mol. The number of amides is 1. The van der Waals surface area contributed by atoms with Crippen LogP contribution in [0.15, 0.2) is 43.9 Å². The molecular formula is C17H20N4O. The number of aromatic nitrogens is 2. The lowest BCUT2D eigenvalue weighted by Gasteiger charge is -2.12. The lowest BCUT2D eigenvalue weighted by molar-refractivity contribution is -0.122. The first-order valence-corrected chi connectivity index (χ1v) is 7.02. The van der Waals surface area contributed by atoms with E-state index in [-0.39, 0.29) is 5.91 Å². The maximum atomic E-state index is 12.0. The lowest BCUT2D eigenvalue weighted by Crippen LogP contribution is -2.41. The van der Waals surface area contributed by atoms with Gasteiger partial charge in [-0.2, -0.15) is 0 Å². The molecule has 5 nitrogen and oxygen atoms in total. The summed E-state index contributed by atoms with van der Waals surface area (Å²) < 4.78 is 0. The summed E-state index contributed by atoms with van der Waals surface area (Å²) in [4.78, 5) is 18.8. The van der Waals surface area contributed by atoms with Crippen LogP contribution in [-0.2, 0) is 17.8 Å². The van der Waals surface area contributed by atoms with Gasteiger partial charge in [-0.1, -0.05) is 37.4 Å². The minimum atomic E-state index is -0.605. The van der Waals surface area contributed by atoms with Crippen LogP contribution in [0.25, 0.3) is 12.2 Å². The van der Waals surface area contributed by atoms with Gasteiger partial charge in [-0.25, -0.2) is 4.98 Å². The molecule has 2 aromatic rings. The number of nitrogens with two attached hydrogens (primary N) is 1. The number of carbonyl (C=O) groups is 1. The third-order valence-electron chi connectivity index (χ3n) is 3.39. The normalized spacial score (nSPS) is 11.7. The standard InChI is InChI=1S/C17H20N4O/c1-3-13-6-5-12(7-14(13)4-2)9-20-17(22)16(18)8-15-10-19-11-21-15/h3-7,10-11,16H,1-2,8-9,18H2,(H,19,21)(H,20,22). The summed E-state index contributed by atoms with van der Waals surface area (Å²) in [6.07, 6.45) is 7.21. The fourth-order valence-electron chi connectivity index (χ4n) is 2.14. The maximum Gasteiger partial charge on any atom is 0.237 e. The van der Waals surface area contributed by atoms with Crippen LogP contribution < -0.4 is 11.1 Å². The number of hydrogen-bond acceptors (Lipinski definition) is 3. The number of benzene rings is 1. The van der Waals surface area contributed by atoms with Crippen LogP contribution in [0, 0.1) is 0 Å². The third-order valence-corrected chi connectivity index (χ3v) is 3.39. The molecule has 5 heteroatoms. The molecule has 0 saturated heterocycles. The minimum Gasteiger partial charge on any atom is -0.351 e. The van der Waals surface area contributed by atoms with Gasteiger partial charge in [0.2, 0.25) is 5.91 Å². The van der Waals surface area contributed by atoms with E-state index >= 15 is 0 Å². The first-order chi connectivity index (χ1) is 10.6. The van der Waals surface area contributed by atoms with E-state index in [0.717, 1.165) is 22.4 Å². The topological polar surface area (TPSA) is 83.8 Å². The van der Waals surface area contributed by atoms with Crippen LogP contribution in [0.5, 0.6) is 0 Å². The number of H-pyrrole nitrogens is 1. The fraction of sp³-hybridized carbons (Fsp3) is 0.176. The van der Waals surface area contributed by atoms with Crippen molar-refractivity contribution in [2.75, 3.05) is 0 Å². The van der Waals surface area contributed by atoms with Crippen LogP contribution in [0.3, 0.4) is 0 Å². The summed E-state index contributed by atoms with van der Waals surface area (Å²) in [5, 5.41) is 2.84. The molecule has 2 rings (SSSR count). The Bertz CT molecular complexity index is 661. The second-order valence-corrected chi connectivity index (χ2v) is 4.98. The molecule has 114 valence electrons. The highest BCUT2D eigenvalue weighted by atomic mass is 16.2. The Balaban J connectivity index is 1.93. The Morgan fingerprint density at radius 3 is 2.77 bits per heavy atom. The largest absolute Gasteiger partial charge is 0.351 e. The molecule has 4 N–H and O–H groups in total. The van der Waals surface area contributed by atoms with Gasteiger partial charge in [-0.05, 0) is 22.8 Å². The SMILES string of the molecule is C=Cc1ccc(CNC(=O)C(N)Cc2cnc[nH]2)cc1C=C. The molecule has 0 spiro atoms. The van der Waals surface area contributed by atoms with Gasteiger partial charge < -0.3 is 16.0 Å². The number of hydrogen-bond donors (Lipinski definition) is 3. The van der Waals surface area contributed by atoms with Crippen LogP contribution in [-0.4, -0.2) is 21.9 Å². The average Bonchev–Trinajstić information content (AvgIpc) is 3.05. The Kier molecular flexibility index (Phi) is 5.27. The number of imidazole rings is 1. The molecule has 1 unspecified atom stereocenters. The van der Waals surface area contributed by atoms with Crippen molar-refractivity contribution in [3.63, 3.8) is 0 Å². The molecule has 1 atom stereocenters. The smallest absolute Gasteiger partial charge is 0.237 e. The minimum absolute atomic E-state index is 0.192. The van der Waals surface area contributed by atoms with Gasteiger partial charge in [0.1, 0.15) is 0 Å². The Hall–Kier alpha value is -2.66. The fourth-order valence-corrected chi connectivity index (χ4v) is 2.14. The van der Waals surface area contributed by atoms with E-state index in [0.29, 0.717) is 13.0 Å². The third kappa shape index (κ3) is 3.93. The number of carbonyl (C=O) groups excluding carboxylic acids is 1. The molecule has 0 aliphatic carbocycles. The second kappa shape index (κ2) is 7.38. The molecule has 1 aromatic heterocycles. The van der Waals surface area contributed by atoms with Gasteiger partial charge in [0.25, 0.3) is 0 Å². The predicted molar refractivity (Wildman–Crippen MR) is 88.7 cm³/mol. The molecule has 0 bridgehead atoms.